The van der Waals surface area contributed by atoms with E-state index in [1.807, 2.05) is 6.07 Å². The smallest absolute Gasteiger partial charge is 0.200 e. The molecule has 12 heteroatoms. The molecule has 0 aliphatic heterocycles. The van der Waals surface area contributed by atoms with Gasteiger partial charge in [-0.2, -0.15) is 10.9 Å². The van der Waals surface area contributed by atoms with Gasteiger partial charge in [0.25, 0.3) is 0 Å². The zero-order valence-electron chi connectivity index (χ0n) is 25.4. The summed E-state index contributed by atoms with van der Waals surface area (Å²) in [7, 11) is 4.24. The molecule has 0 saturated heterocycles. The second-order valence-corrected chi connectivity index (χ2v) is 10.9. The second-order valence-electron chi connectivity index (χ2n) is 10.9. The third-order valence-electron chi connectivity index (χ3n) is 8.07. The zero-order chi connectivity index (χ0) is 35.5. The minimum Gasteiger partial charge on any atom is -0.307 e. The van der Waals surface area contributed by atoms with Crippen molar-refractivity contribution in [1.29, 1.82) is 0 Å². The van der Waals surface area contributed by atoms with Crippen LogP contribution in [0.3, 0.4) is 0 Å². The van der Waals surface area contributed by atoms with Crippen molar-refractivity contribution in [3.63, 3.8) is 0 Å². The highest BCUT2D eigenvalue weighted by Crippen LogP contribution is 2.26. The van der Waals surface area contributed by atoms with E-state index in [4.69, 9.17) is 0 Å². The molecule has 0 bridgehead atoms. The van der Waals surface area contributed by atoms with E-state index in [1.54, 1.807) is 0 Å². The molecule has 0 unspecified atom stereocenters. The van der Waals surface area contributed by atoms with Crippen LogP contribution in [-0.4, -0.2) is 20.2 Å². The summed E-state index contributed by atoms with van der Waals surface area (Å²) in [5.41, 5.74) is -3.73. The molecule has 0 heterocycles. The normalized spacial score (nSPS) is 11.3. The minimum absolute atomic E-state index is 0.163. The average Bonchev–Trinajstić information content (AvgIpc) is 3.11. The molecule has 5 aromatic carbocycles. The molecule has 0 fully saturated rings. The molecular formula is C36H26BF10N. The third-order valence-corrected chi connectivity index (χ3v) is 8.07. The molecular weight excluding hydrogens is 647 g/mol. The van der Waals surface area contributed by atoms with E-state index in [0.29, 0.717) is 0 Å². The van der Waals surface area contributed by atoms with Gasteiger partial charge in [0.1, 0.15) is 35.1 Å². The van der Waals surface area contributed by atoms with Crippen molar-refractivity contribution < 1.29 is 48.8 Å². The van der Waals surface area contributed by atoms with E-state index in [-0.39, 0.29) is 11.1 Å². The number of hydrogen-bond acceptors (Lipinski definition) is 0. The fourth-order valence-corrected chi connectivity index (χ4v) is 5.89. The lowest BCUT2D eigenvalue weighted by molar-refractivity contribution is -0.786. The Labute approximate surface area is 270 Å². The summed E-state index contributed by atoms with van der Waals surface area (Å²) in [5, 5.41) is 0. The van der Waals surface area contributed by atoms with Gasteiger partial charge in [-0.25, -0.2) is 43.9 Å². The summed E-state index contributed by atoms with van der Waals surface area (Å²) in [6, 6.07) is 19.9. The van der Waals surface area contributed by atoms with Gasteiger partial charge in [0.15, 0.2) is 34.9 Å². The van der Waals surface area contributed by atoms with Gasteiger partial charge in [-0.15, -0.1) is 10.9 Å². The SMILES string of the molecule is C=Cc1ccccc1[B-](c1ccccc1C=C)(c1c(F)c(F)c(F)c(F)c1F)c1c(F)c(F)c(F)c(F)c1F.C[NH+](C)c1ccccc1. The van der Waals surface area contributed by atoms with Crippen molar-refractivity contribution in [1.82, 2.24) is 0 Å². The molecule has 0 amide bonds. The highest BCUT2D eigenvalue weighted by Gasteiger charge is 2.46. The maximum absolute atomic E-state index is 15.7. The van der Waals surface area contributed by atoms with Crippen LogP contribution in [0.15, 0.2) is 92.0 Å². The quantitative estimate of drug-likeness (QED) is 0.0909. The largest absolute Gasteiger partial charge is 0.307 e. The molecule has 0 aliphatic carbocycles. The molecule has 0 aromatic heterocycles. The molecule has 5 rings (SSSR count). The second kappa shape index (κ2) is 14.3. The topological polar surface area (TPSA) is 4.44 Å². The van der Waals surface area contributed by atoms with Gasteiger partial charge in [0, 0.05) is 0 Å². The molecule has 0 atom stereocenters. The van der Waals surface area contributed by atoms with Crippen LogP contribution in [0.2, 0.25) is 0 Å². The van der Waals surface area contributed by atoms with Crippen molar-refractivity contribution in [2.45, 2.75) is 0 Å². The van der Waals surface area contributed by atoms with Crippen LogP contribution in [0.1, 0.15) is 11.1 Å². The molecule has 1 nitrogen and oxygen atoms in total. The fraction of sp³-hybridized carbons (Fsp3) is 0.0556. The van der Waals surface area contributed by atoms with Gasteiger partial charge in [-0.3, -0.25) is 0 Å². The molecule has 48 heavy (non-hydrogen) atoms. The maximum atomic E-state index is 15.7. The van der Waals surface area contributed by atoms with Crippen LogP contribution in [0, 0.1) is 58.2 Å². The highest BCUT2D eigenvalue weighted by atomic mass is 19.2. The third kappa shape index (κ3) is 5.92. The van der Waals surface area contributed by atoms with Gasteiger partial charge in [-0.05, 0) is 12.1 Å². The Morgan fingerprint density at radius 2 is 0.729 bits per heavy atom. The van der Waals surface area contributed by atoms with Gasteiger partial charge in [-0.1, -0.05) is 103 Å². The standard InChI is InChI=1S/C28H14BF10.C8H11N/c1-3-13-9-5-7-11-15(13)29(16-12-8-6-10-14(16)4-2,17-19(30)23(34)27(38)24(35)20(17)31)18-21(32)25(36)28(39)26(37)22(18)33;1-9(2)8-6-4-3-5-7-8/h3-12H,1-2H2;3-7H,1-2H3/q-1;/p+1. The Balaban J connectivity index is 0.000000500. The van der Waals surface area contributed by atoms with Crippen molar-refractivity contribution in [2.75, 3.05) is 14.1 Å². The van der Waals surface area contributed by atoms with Gasteiger partial charge < -0.3 is 4.90 Å². The molecule has 0 aliphatic rings. The lowest BCUT2D eigenvalue weighted by Crippen LogP contribution is -3.00. The summed E-state index contributed by atoms with van der Waals surface area (Å²) in [6.07, 6.45) is -2.37. The van der Waals surface area contributed by atoms with Gasteiger partial charge >= 0.3 is 0 Å². The predicted octanol–water partition coefficient (Wildman–Crippen LogP) is 6.20. The Morgan fingerprint density at radius 3 is 1.02 bits per heavy atom. The lowest BCUT2D eigenvalue weighted by atomic mass is 9.12. The number of hydrogen-bond donors (Lipinski definition) is 1. The van der Waals surface area contributed by atoms with Crippen LogP contribution >= 0.6 is 0 Å². The molecule has 0 radical (unpaired) electrons. The van der Waals surface area contributed by atoms with Crippen LogP contribution in [0.5, 0.6) is 0 Å². The van der Waals surface area contributed by atoms with Crippen LogP contribution in [0.25, 0.3) is 12.2 Å². The highest BCUT2D eigenvalue weighted by molar-refractivity contribution is 7.20. The van der Waals surface area contributed by atoms with Crippen molar-refractivity contribution in [3.05, 3.63) is 161 Å². The number of nitrogens with one attached hydrogen (secondary N) is 1. The Morgan fingerprint density at radius 1 is 0.438 bits per heavy atom. The zero-order valence-corrected chi connectivity index (χ0v) is 25.4. The van der Waals surface area contributed by atoms with Crippen LogP contribution in [0.4, 0.5) is 49.6 Å². The first kappa shape index (κ1) is 35.8. The minimum atomic E-state index is -4.43. The van der Waals surface area contributed by atoms with E-state index >= 15 is 17.6 Å². The number of halogens is 10. The number of rotatable bonds is 7. The number of para-hydroxylation sites is 1. The van der Waals surface area contributed by atoms with Gasteiger partial charge in [0.2, 0.25) is 0 Å². The van der Waals surface area contributed by atoms with Crippen LogP contribution < -0.4 is 26.8 Å². The van der Waals surface area contributed by atoms with E-state index < -0.39 is 86.2 Å². The molecule has 5 aromatic rings. The lowest BCUT2D eigenvalue weighted by Gasteiger charge is -2.46. The average molecular weight is 673 g/mol. The number of quaternary nitrogens is 1. The first-order valence-corrected chi connectivity index (χ1v) is 14.3. The molecule has 1 N–H and O–H groups in total. The summed E-state index contributed by atoms with van der Waals surface area (Å²) in [5.74, 6) is -25.3. The van der Waals surface area contributed by atoms with Crippen molar-refractivity contribution >= 4 is 45.8 Å². The summed E-state index contributed by atoms with van der Waals surface area (Å²) in [4.78, 5) is 1.37. The van der Waals surface area contributed by atoms with Gasteiger partial charge in [0.05, 0.1) is 14.1 Å². The first-order chi connectivity index (χ1) is 22.8. The summed E-state index contributed by atoms with van der Waals surface area (Å²) in [6.45, 7) is 7.03. The Bertz CT molecular complexity index is 1830. The predicted molar refractivity (Wildman–Crippen MR) is 169 cm³/mol. The van der Waals surface area contributed by atoms with E-state index in [2.05, 4.69) is 51.5 Å². The summed E-state index contributed by atoms with van der Waals surface area (Å²) < 4.78 is 150. The van der Waals surface area contributed by atoms with E-state index in [9.17, 15) is 26.3 Å². The van der Waals surface area contributed by atoms with Crippen molar-refractivity contribution in [2.24, 2.45) is 0 Å². The van der Waals surface area contributed by atoms with Crippen LogP contribution in [-0.2, 0) is 0 Å². The summed E-state index contributed by atoms with van der Waals surface area (Å²) >= 11 is 0. The number of benzene rings is 5. The molecule has 248 valence electrons. The maximum Gasteiger partial charge on any atom is 0.200 e. The van der Waals surface area contributed by atoms with E-state index in [0.717, 1.165) is 24.3 Å². The molecule has 0 spiro atoms. The van der Waals surface area contributed by atoms with Crippen molar-refractivity contribution in [3.8, 4) is 0 Å². The monoisotopic (exact) mass is 673 g/mol. The Hall–Kier alpha value is -5.10. The first-order valence-electron chi connectivity index (χ1n) is 14.3. The van der Waals surface area contributed by atoms with E-state index in [1.165, 1.54) is 47.0 Å². The molecule has 0 saturated carbocycles. The fourth-order valence-electron chi connectivity index (χ4n) is 5.89. The Kier molecular flexibility index (Phi) is 10.7.